The zero-order chi connectivity index (χ0) is 17.5. The van der Waals surface area contributed by atoms with Crippen molar-refractivity contribution in [1.82, 2.24) is 0 Å². The summed E-state index contributed by atoms with van der Waals surface area (Å²) in [7, 11) is 0. The molecule has 0 spiro atoms. The largest absolute Gasteiger partial charge is 0.481 e. The molecule has 0 aliphatic carbocycles. The van der Waals surface area contributed by atoms with Crippen LogP contribution < -0.4 is 0 Å². The molecule has 0 atom stereocenters. The first-order valence-electron chi connectivity index (χ1n) is 5.99. The zero-order valence-corrected chi connectivity index (χ0v) is 11.9. The normalized spacial score (nSPS) is 10.1. The molecule has 120 valence electrons. The van der Waals surface area contributed by atoms with Gasteiger partial charge in [0.2, 0.25) is 0 Å². The minimum atomic E-state index is -1.16. The van der Waals surface area contributed by atoms with E-state index in [0.29, 0.717) is 0 Å². The van der Waals surface area contributed by atoms with Gasteiger partial charge >= 0.3 is 23.9 Å². The van der Waals surface area contributed by atoms with E-state index in [1.54, 1.807) is 0 Å². The summed E-state index contributed by atoms with van der Waals surface area (Å²) in [6.07, 6.45) is -0.345. The van der Waals surface area contributed by atoms with Crippen LogP contribution in [0.4, 0.5) is 0 Å². The second-order valence-corrected chi connectivity index (χ2v) is 4.95. The monoisotopic (exact) mass is 312 g/mol. The summed E-state index contributed by atoms with van der Waals surface area (Å²) >= 11 is 0. The van der Waals surface area contributed by atoms with Crippen LogP contribution in [0, 0.1) is 5.41 Å². The van der Waals surface area contributed by atoms with Crippen molar-refractivity contribution in [3.63, 3.8) is 0 Å². The van der Waals surface area contributed by atoms with Crippen molar-refractivity contribution in [2.45, 2.75) is 20.3 Å². The van der Waals surface area contributed by atoms with Crippen molar-refractivity contribution in [2.24, 2.45) is 5.41 Å². The lowest BCUT2D eigenvalue weighted by atomic mass is 9.90. The van der Waals surface area contributed by atoms with Crippen molar-refractivity contribution in [3.8, 4) is 0 Å². The molecule has 0 aromatic heterocycles. The number of aliphatic carboxylic acids is 2. The van der Waals surface area contributed by atoms with Crippen molar-refractivity contribution in [2.75, 3.05) is 0 Å². The molecule has 1 aromatic rings. The molecule has 1 rings (SSSR count). The van der Waals surface area contributed by atoms with Crippen LogP contribution in [0.2, 0.25) is 0 Å². The van der Waals surface area contributed by atoms with Gasteiger partial charge in [0.1, 0.15) is 0 Å². The number of carboxylic acids is 4. The summed E-state index contributed by atoms with van der Waals surface area (Å²) in [6.45, 7) is 2.76. The first-order valence-corrected chi connectivity index (χ1v) is 5.99. The van der Waals surface area contributed by atoms with Gasteiger partial charge in [0.15, 0.2) is 0 Å². The van der Waals surface area contributed by atoms with Crippen LogP contribution in [0.1, 0.15) is 41.0 Å². The van der Waals surface area contributed by atoms with Crippen molar-refractivity contribution < 1.29 is 39.6 Å². The number of benzene rings is 1. The van der Waals surface area contributed by atoms with Gasteiger partial charge in [-0.2, -0.15) is 0 Å². The molecular weight excluding hydrogens is 296 g/mol. The van der Waals surface area contributed by atoms with Gasteiger partial charge in [-0.05, 0) is 38.1 Å². The Morgan fingerprint density at radius 3 is 1.27 bits per heavy atom. The Kier molecular flexibility index (Phi) is 6.75. The molecule has 0 bridgehead atoms. The summed E-state index contributed by atoms with van der Waals surface area (Å²) in [4.78, 5) is 41.0. The molecule has 0 aliphatic rings. The van der Waals surface area contributed by atoms with Gasteiger partial charge in [-0.3, -0.25) is 9.59 Å². The number of carbonyl (C=O) groups is 4. The number of hydrogen-bond donors (Lipinski definition) is 4. The molecule has 22 heavy (non-hydrogen) atoms. The van der Waals surface area contributed by atoms with E-state index in [1.165, 1.54) is 38.1 Å². The SMILES string of the molecule is CC(C)(CC(=O)O)C(=O)O.O=C(O)c1ccc(C(=O)O)cc1. The molecule has 4 N–H and O–H groups in total. The summed E-state index contributed by atoms with van der Waals surface area (Å²) in [5.41, 5.74) is -0.994. The molecule has 0 amide bonds. The second-order valence-electron chi connectivity index (χ2n) is 4.95. The molecule has 0 saturated carbocycles. The van der Waals surface area contributed by atoms with Crippen LogP contribution in [-0.2, 0) is 9.59 Å². The Bertz CT molecular complexity index is 538. The van der Waals surface area contributed by atoms with Gasteiger partial charge in [-0.1, -0.05) is 0 Å². The average molecular weight is 312 g/mol. The van der Waals surface area contributed by atoms with Gasteiger partial charge in [0.25, 0.3) is 0 Å². The highest BCUT2D eigenvalue weighted by atomic mass is 16.4. The minimum Gasteiger partial charge on any atom is -0.481 e. The highest BCUT2D eigenvalue weighted by molar-refractivity contribution is 5.91. The third kappa shape index (κ3) is 6.51. The first kappa shape index (κ1) is 19.1. The maximum Gasteiger partial charge on any atom is 0.335 e. The smallest absolute Gasteiger partial charge is 0.335 e. The van der Waals surface area contributed by atoms with Crippen LogP contribution >= 0.6 is 0 Å². The molecule has 0 fully saturated rings. The number of aromatic carboxylic acids is 2. The maximum atomic E-state index is 10.3. The fourth-order valence-corrected chi connectivity index (χ4v) is 1.21. The lowest BCUT2D eigenvalue weighted by Gasteiger charge is -2.14. The van der Waals surface area contributed by atoms with Crippen LogP contribution in [0.5, 0.6) is 0 Å². The Hall–Kier alpha value is -2.90. The minimum absolute atomic E-state index is 0.0833. The Morgan fingerprint density at radius 1 is 0.818 bits per heavy atom. The van der Waals surface area contributed by atoms with Gasteiger partial charge in [0.05, 0.1) is 23.0 Å². The zero-order valence-electron chi connectivity index (χ0n) is 11.9. The average Bonchev–Trinajstić information content (AvgIpc) is 2.37. The molecule has 8 nitrogen and oxygen atoms in total. The van der Waals surface area contributed by atoms with Crippen LogP contribution in [0.15, 0.2) is 24.3 Å². The van der Waals surface area contributed by atoms with E-state index >= 15 is 0 Å². The van der Waals surface area contributed by atoms with E-state index in [9.17, 15) is 19.2 Å². The van der Waals surface area contributed by atoms with Gasteiger partial charge in [-0.25, -0.2) is 9.59 Å². The molecule has 0 unspecified atom stereocenters. The van der Waals surface area contributed by atoms with Crippen LogP contribution in [0.3, 0.4) is 0 Å². The highest BCUT2D eigenvalue weighted by Gasteiger charge is 2.29. The van der Waals surface area contributed by atoms with Gasteiger partial charge in [-0.15, -0.1) is 0 Å². The number of carboxylic acid groups (broad SMARTS) is 4. The third-order valence-corrected chi connectivity index (χ3v) is 2.55. The van der Waals surface area contributed by atoms with Crippen molar-refractivity contribution in [3.05, 3.63) is 35.4 Å². The quantitative estimate of drug-likeness (QED) is 0.641. The molecule has 0 radical (unpaired) electrons. The fraction of sp³-hybridized carbons (Fsp3) is 0.286. The molecule has 0 saturated heterocycles. The molecule has 8 heteroatoms. The Labute approximate surface area is 125 Å². The van der Waals surface area contributed by atoms with Crippen LogP contribution in [-0.4, -0.2) is 44.3 Å². The van der Waals surface area contributed by atoms with E-state index in [0.717, 1.165) is 0 Å². The standard InChI is InChI=1S/C8H6O4.C6H10O4/c9-7(10)5-1-2-6(4-3-5)8(11)12;1-6(2,5(9)10)3-4(7)8/h1-4H,(H,9,10)(H,11,12);3H2,1-2H3,(H,7,8)(H,9,10). The summed E-state index contributed by atoms with van der Waals surface area (Å²) in [5.74, 6) is -4.30. The molecule has 0 aliphatic heterocycles. The van der Waals surface area contributed by atoms with E-state index in [2.05, 4.69) is 0 Å². The predicted molar refractivity (Wildman–Crippen MR) is 74.0 cm³/mol. The van der Waals surface area contributed by atoms with Crippen LogP contribution in [0.25, 0.3) is 0 Å². The van der Waals surface area contributed by atoms with E-state index in [4.69, 9.17) is 20.4 Å². The van der Waals surface area contributed by atoms with E-state index < -0.39 is 29.3 Å². The van der Waals surface area contributed by atoms with Gasteiger partial charge < -0.3 is 20.4 Å². The van der Waals surface area contributed by atoms with Crippen molar-refractivity contribution in [1.29, 1.82) is 0 Å². The Morgan fingerprint density at radius 2 is 1.14 bits per heavy atom. The number of hydrogen-bond acceptors (Lipinski definition) is 4. The van der Waals surface area contributed by atoms with Crippen molar-refractivity contribution >= 4 is 23.9 Å². The summed E-state index contributed by atoms with van der Waals surface area (Å²) < 4.78 is 0. The lowest BCUT2D eigenvalue weighted by Crippen LogP contribution is -2.26. The lowest BCUT2D eigenvalue weighted by molar-refractivity contribution is -0.153. The summed E-state index contributed by atoms with van der Waals surface area (Å²) in [5, 5.41) is 33.6. The first-order chi connectivity index (χ1) is 9.97. The third-order valence-electron chi connectivity index (χ3n) is 2.55. The number of rotatable bonds is 5. The second kappa shape index (κ2) is 7.77. The molecule has 1 aromatic carbocycles. The van der Waals surface area contributed by atoms with E-state index in [1.807, 2.05) is 0 Å². The summed E-state index contributed by atoms with van der Waals surface area (Å²) in [6, 6.07) is 5.02. The van der Waals surface area contributed by atoms with Gasteiger partial charge in [0, 0.05) is 0 Å². The highest BCUT2D eigenvalue weighted by Crippen LogP contribution is 2.19. The maximum absolute atomic E-state index is 10.3. The fourth-order valence-electron chi connectivity index (χ4n) is 1.21. The molecular formula is C14H16O8. The Balaban J connectivity index is 0.000000409. The molecule has 0 heterocycles. The van der Waals surface area contributed by atoms with E-state index in [-0.39, 0.29) is 17.5 Å². The predicted octanol–water partition coefficient (Wildman–Crippen LogP) is 1.65. The topological polar surface area (TPSA) is 149 Å².